The van der Waals surface area contributed by atoms with Crippen molar-refractivity contribution in [3.05, 3.63) is 83.3 Å². The maximum Gasteiger partial charge on any atom is 0.273 e. The first-order valence-corrected chi connectivity index (χ1v) is 6.79. The molecule has 2 aromatic carbocycles. The van der Waals surface area contributed by atoms with Crippen LogP contribution in [0.1, 0.15) is 0 Å². The molecule has 2 heterocycles. The molecule has 3 nitrogen and oxygen atoms in total. The van der Waals surface area contributed by atoms with Crippen LogP contribution in [0.2, 0.25) is 0 Å². The first-order valence-electron chi connectivity index (χ1n) is 6.79. The van der Waals surface area contributed by atoms with Crippen molar-refractivity contribution < 1.29 is 0 Å². The van der Waals surface area contributed by atoms with Gasteiger partial charge in [0, 0.05) is 17.6 Å². The van der Waals surface area contributed by atoms with Gasteiger partial charge in [0.2, 0.25) is 0 Å². The Morgan fingerprint density at radius 2 is 1.62 bits per heavy atom. The lowest BCUT2D eigenvalue weighted by Gasteiger charge is -2.10. The maximum absolute atomic E-state index is 12.0. The SMILES string of the molecule is O=c1cc(-c2ccccc2)n2ccc3ccccc3c2n1. The summed E-state index contributed by atoms with van der Waals surface area (Å²) in [4.78, 5) is 16.2. The van der Waals surface area contributed by atoms with Gasteiger partial charge in [-0.2, -0.15) is 4.98 Å². The fraction of sp³-hybridized carbons (Fsp3) is 0. The molecule has 0 amide bonds. The Morgan fingerprint density at radius 3 is 2.48 bits per heavy atom. The van der Waals surface area contributed by atoms with Gasteiger partial charge in [0.05, 0.1) is 5.69 Å². The minimum absolute atomic E-state index is 0.217. The van der Waals surface area contributed by atoms with E-state index < -0.39 is 0 Å². The first-order chi connectivity index (χ1) is 10.3. The van der Waals surface area contributed by atoms with E-state index in [2.05, 4.69) is 4.98 Å². The minimum atomic E-state index is -0.217. The number of hydrogen-bond donors (Lipinski definition) is 0. The summed E-state index contributed by atoms with van der Waals surface area (Å²) in [5, 5.41) is 2.06. The Kier molecular flexibility index (Phi) is 2.57. The van der Waals surface area contributed by atoms with Gasteiger partial charge in [-0.15, -0.1) is 0 Å². The summed E-state index contributed by atoms with van der Waals surface area (Å²) >= 11 is 0. The van der Waals surface area contributed by atoms with E-state index in [0.717, 1.165) is 22.0 Å². The van der Waals surface area contributed by atoms with Crippen molar-refractivity contribution in [2.45, 2.75) is 0 Å². The molecule has 0 saturated carbocycles. The zero-order valence-electron chi connectivity index (χ0n) is 11.2. The summed E-state index contributed by atoms with van der Waals surface area (Å²) in [5.41, 5.74) is 2.34. The van der Waals surface area contributed by atoms with E-state index in [9.17, 15) is 4.79 Å². The molecule has 3 heteroatoms. The second-order valence-corrected chi connectivity index (χ2v) is 4.94. The molecule has 0 spiro atoms. The van der Waals surface area contributed by atoms with Crippen molar-refractivity contribution in [1.29, 1.82) is 0 Å². The summed E-state index contributed by atoms with van der Waals surface area (Å²) < 4.78 is 1.97. The monoisotopic (exact) mass is 272 g/mol. The summed E-state index contributed by atoms with van der Waals surface area (Å²) in [7, 11) is 0. The number of benzene rings is 2. The molecular formula is C18H12N2O. The molecule has 0 aliphatic heterocycles. The molecule has 100 valence electrons. The van der Waals surface area contributed by atoms with Crippen molar-refractivity contribution in [2.75, 3.05) is 0 Å². The summed E-state index contributed by atoms with van der Waals surface area (Å²) in [6.07, 6.45) is 1.96. The summed E-state index contributed by atoms with van der Waals surface area (Å²) in [6, 6.07) is 21.5. The van der Waals surface area contributed by atoms with Crippen LogP contribution in [0.4, 0.5) is 0 Å². The Hall–Kier alpha value is -2.94. The Bertz CT molecular complexity index is 1000. The Morgan fingerprint density at radius 1 is 0.857 bits per heavy atom. The molecule has 4 rings (SSSR count). The standard InChI is InChI=1S/C18H12N2O/c21-17-12-16(14-7-2-1-3-8-14)20-11-10-13-6-4-5-9-15(13)18(20)19-17/h1-12H. The van der Waals surface area contributed by atoms with E-state index in [-0.39, 0.29) is 5.56 Å². The fourth-order valence-corrected chi connectivity index (χ4v) is 2.66. The van der Waals surface area contributed by atoms with Crippen LogP contribution in [-0.4, -0.2) is 9.38 Å². The van der Waals surface area contributed by atoms with Crippen LogP contribution in [0.5, 0.6) is 0 Å². The average molecular weight is 272 g/mol. The number of aromatic nitrogens is 2. The van der Waals surface area contributed by atoms with Crippen LogP contribution in [0.3, 0.4) is 0 Å². The number of nitrogens with zero attached hydrogens (tertiary/aromatic N) is 2. The molecule has 0 radical (unpaired) electrons. The average Bonchev–Trinajstić information content (AvgIpc) is 2.55. The van der Waals surface area contributed by atoms with Crippen molar-refractivity contribution in [3.8, 4) is 11.3 Å². The van der Waals surface area contributed by atoms with Crippen molar-refractivity contribution in [1.82, 2.24) is 9.38 Å². The molecule has 2 aromatic heterocycles. The fourth-order valence-electron chi connectivity index (χ4n) is 2.66. The molecular weight excluding hydrogens is 260 g/mol. The molecule has 0 atom stereocenters. The zero-order chi connectivity index (χ0) is 14.2. The Labute approximate surface area is 121 Å². The molecule has 0 bridgehead atoms. The van der Waals surface area contributed by atoms with Gasteiger partial charge >= 0.3 is 0 Å². The van der Waals surface area contributed by atoms with Gasteiger partial charge in [0.25, 0.3) is 5.56 Å². The van der Waals surface area contributed by atoms with Crippen molar-refractivity contribution in [3.63, 3.8) is 0 Å². The minimum Gasteiger partial charge on any atom is -0.300 e. The topological polar surface area (TPSA) is 34.4 Å². The van der Waals surface area contributed by atoms with Crippen molar-refractivity contribution >= 4 is 16.4 Å². The lowest BCUT2D eigenvalue weighted by molar-refractivity contribution is 1.09. The summed E-state index contributed by atoms with van der Waals surface area (Å²) in [6.45, 7) is 0. The highest BCUT2D eigenvalue weighted by molar-refractivity contribution is 5.94. The zero-order valence-corrected chi connectivity index (χ0v) is 11.2. The number of fused-ring (bicyclic) bond motifs is 3. The number of pyridine rings is 1. The van der Waals surface area contributed by atoms with Gasteiger partial charge in [0.15, 0.2) is 0 Å². The van der Waals surface area contributed by atoms with E-state index in [4.69, 9.17) is 0 Å². The molecule has 0 saturated heterocycles. The van der Waals surface area contributed by atoms with Gasteiger partial charge in [-0.25, -0.2) is 0 Å². The van der Waals surface area contributed by atoms with Gasteiger partial charge in [-0.3, -0.25) is 4.79 Å². The van der Waals surface area contributed by atoms with Crippen LogP contribution in [0, 0.1) is 0 Å². The van der Waals surface area contributed by atoms with Gasteiger partial charge in [-0.1, -0.05) is 54.6 Å². The predicted molar refractivity (Wildman–Crippen MR) is 84.4 cm³/mol. The second kappa shape index (κ2) is 4.56. The Balaban J connectivity index is 2.18. The summed E-state index contributed by atoms with van der Waals surface area (Å²) in [5.74, 6) is 0. The van der Waals surface area contributed by atoms with E-state index >= 15 is 0 Å². The van der Waals surface area contributed by atoms with Gasteiger partial charge in [-0.05, 0) is 17.0 Å². The van der Waals surface area contributed by atoms with E-state index in [0.29, 0.717) is 5.65 Å². The lowest BCUT2D eigenvalue weighted by atomic mass is 10.1. The molecule has 0 aliphatic rings. The molecule has 21 heavy (non-hydrogen) atoms. The third-order valence-corrected chi connectivity index (χ3v) is 3.64. The smallest absolute Gasteiger partial charge is 0.273 e. The molecule has 4 aromatic rings. The molecule has 0 fully saturated rings. The van der Waals surface area contributed by atoms with Crippen LogP contribution in [0.15, 0.2) is 77.7 Å². The largest absolute Gasteiger partial charge is 0.300 e. The van der Waals surface area contributed by atoms with E-state index in [1.54, 1.807) is 6.07 Å². The van der Waals surface area contributed by atoms with Crippen LogP contribution >= 0.6 is 0 Å². The van der Waals surface area contributed by atoms with Crippen LogP contribution < -0.4 is 5.56 Å². The van der Waals surface area contributed by atoms with E-state index in [1.165, 1.54) is 0 Å². The highest BCUT2D eigenvalue weighted by Crippen LogP contribution is 2.23. The molecule has 0 N–H and O–H groups in total. The molecule has 0 unspecified atom stereocenters. The van der Waals surface area contributed by atoms with Crippen molar-refractivity contribution in [2.24, 2.45) is 0 Å². The first kappa shape index (κ1) is 11.9. The molecule has 0 aliphatic carbocycles. The quantitative estimate of drug-likeness (QED) is 0.497. The lowest BCUT2D eigenvalue weighted by Crippen LogP contribution is -2.10. The number of hydrogen-bond acceptors (Lipinski definition) is 2. The van der Waals surface area contributed by atoms with Crippen LogP contribution in [0.25, 0.3) is 27.7 Å². The second-order valence-electron chi connectivity index (χ2n) is 4.94. The van der Waals surface area contributed by atoms with Crippen LogP contribution in [-0.2, 0) is 0 Å². The highest BCUT2D eigenvalue weighted by Gasteiger charge is 2.08. The van der Waals surface area contributed by atoms with Gasteiger partial charge < -0.3 is 4.40 Å². The van der Waals surface area contributed by atoms with Gasteiger partial charge in [0.1, 0.15) is 5.65 Å². The third-order valence-electron chi connectivity index (χ3n) is 3.64. The van der Waals surface area contributed by atoms with E-state index in [1.807, 2.05) is 71.3 Å². The maximum atomic E-state index is 12.0. The predicted octanol–water partition coefficient (Wildman–Crippen LogP) is 3.51. The highest BCUT2D eigenvalue weighted by atomic mass is 16.1. The normalized spacial score (nSPS) is 11.0. The third kappa shape index (κ3) is 1.91. The number of rotatable bonds is 1.